The second kappa shape index (κ2) is 9.80. The standard InChI is InChI=1S/C21H23N5O4S/c27-18-14-31-21(29)26(18)13-15-3-5-17(6-4-15)24-20(28)23-12-16-2-1-7-22-19(16)25-8-10-30-11-9-25/h1-7H,8-14H2,(H2,23,24,28). The SMILES string of the molecule is O=C(NCc1cccnc1N1CCOCC1)Nc1ccc(CN2C(=O)CSC2=O)cc1. The number of ether oxygens (including phenoxy) is 1. The predicted molar refractivity (Wildman–Crippen MR) is 118 cm³/mol. The maximum atomic E-state index is 12.3. The number of benzene rings is 1. The molecule has 2 aliphatic rings. The number of nitrogens with one attached hydrogen (secondary N) is 2. The number of aromatic nitrogens is 1. The number of imide groups is 1. The highest BCUT2D eigenvalue weighted by Gasteiger charge is 2.29. The number of hydrogen-bond donors (Lipinski definition) is 2. The Balaban J connectivity index is 1.30. The lowest BCUT2D eigenvalue weighted by molar-refractivity contribution is -0.125. The Bertz CT molecular complexity index is 946. The van der Waals surface area contributed by atoms with Crippen LogP contribution in [0.3, 0.4) is 0 Å². The van der Waals surface area contributed by atoms with Crippen LogP contribution in [0.2, 0.25) is 0 Å². The Morgan fingerprint density at radius 2 is 1.90 bits per heavy atom. The van der Waals surface area contributed by atoms with Crippen molar-refractivity contribution in [2.75, 3.05) is 42.3 Å². The summed E-state index contributed by atoms with van der Waals surface area (Å²) in [6.07, 6.45) is 1.75. The number of pyridine rings is 1. The van der Waals surface area contributed by atoms with Gasteiger partial charge in [-0.2, -0.15) is 0 Å². The van der Waals surface area contributed by atoms with Gasteiger partial charge in [0.25, 0.3) is 5.24 Å². The summed E-state index contributed by atoms with van der Waals surface area (Å²) in [6, 6.07) is 10.5. The van der Waals surface area contributed by atoms with E-state index in [0.29, 0.717) is 25.4 Å². The molecule has 3 heterocycles. The summed E-state index contributed by atoms with van der Waals surface area (Å²) in [4.78, 5) is 43.6. The highest BCUT2D eigenvalue weighted by atomic mass is 32.2. The van der Waals surface area contributed by atoms with Gasteiger partial charge in [-0.15, -0.1) is 0 Å². The molecule has 0 spiro atoms. The van der Waals surface area contributed by atoms with Gasteiger partial charge < -0.3 is 20.3 Å². The van der Waals surface area contributed by atoms with Crippen LogP contribution in [0.5, 0.6) is 0 Å². The zero-order chi connectivity index (χ0) is 21.6. The first kappa shape index (κ1) is 21.1. The van der Waals surface area contributed by atoms with E-state index in [4.69, 9.17) is 4.74 Å². The number of morpholine rings is 1. The minimum Gasteiger partial charge on any atom is -0.378 e. The normalized spacial score (nSPS) is 16.5. The van der Waals surface area contributed by atoms with E-state index in [0.717, 1.165) is 41.8 Å². The molecule has 10 heteroatoms. The number of rotatable bonds is 6. The number of thioether (sulfide) groups is 1. The van der Waals surface area contributed by atoms with Crippen molar-refractivity contribution in [2.24, 2.45) is 0 Å². The molecule has 2 aliphatic heterocycles. The summed E-state index contributed by atoms with van der Waals surface area (Å²) >= 11 is 1.02. The van der Waals surface area contributed by atoms with Gasteiger partial charge in [0.15, 0.2) is 0 Å². The zero-order valence-electron chi connectivity index (χ0n) is 16.9. The second-order valence-electron chi connectivity index (χ2n) is 7.12. The number of carbonyl (C=O) groups is 3. The van der Waals surface area contributed by atoms with Gasteiger partial charge in [-0.3, -0.25) is 14.5 Å². The summed E-state index contributed by atoms with van der Waals surface area (Å²) in [7, 11) is 0. The van der Waals surface area contributed by atoms with Crippen molar-refractivity contribution < 1.29 is 19.1 Å². The number of nitrogens with zero attached hydrogens (tertiary/aromatic N) is 3. The Hall–Kier alpha value is -3.11. The Labute approximate surface area is 184 Å². The van der Waals surface area contributed by atoms with E-state index in [1.54, 1.807) is 30.5 Å². The van der Waals surface area contributed by atoms with Crippen molar-refractivity contribution >= 4 is 40.4 Å². The lowest BCUT2D eigenvalue weighted by Crippen LogP contribution is -2.38. The Morgan fingerprint density at radius 1 is 1.13 bits per heavy atom. The van der Waals surface area contributed by atoms with Crippen molar-refractivity contribution in [1.29, 1.82) is 0 Å². The van der Waals surface area contributed by atoms with Gasteiger partial charge >= 0.3 is 6.03 Å². The summed E-state index contributed by atoms with van der Waals surface area (Å²) < 4.78 is 5.40. The Morgan fingerprint density at radius 3 is 2.61 bits per heavy atom. The van der Waals surface area contributed by atoms with Gasteiger partial charge in [0, 0.05) is 37.1 Å². The van der Waals surface area contributed by atoms with Crippen molar-refractivity contribution in [3.8, 4) is 0 Å². The fourth-order valence-electron chi connectivity index (χ4n) is 3.39. The van der Waals surface area contributed by atoms with Crippen LogP contribution >= 0.6 is 11.8 Å². The molecule has 0 saturated carbocycles. The molecule has 2 aromatic rings. The lowest BCUT2D eigenvalue weighted by atomic mass is 10.2. The van der Waals surface area contributed by atoms with Crippen molar-refractivity contribution in [3.05, 3.63) is 53.7 Å². The molecule has 2 N–H and O–H groups in total. The van der Waals surface area contributed by atoms with Crippen molar-refractivity contribution in [2.45, 2.75) is 13.1 Å². The number of hydrogen-bond acceptors (Lipinski definition) is 7. The molecule has 4 amide bonds. The quantitative estimate of drug-likeness (QED) is 0.710. The smallest absolute Gasteiger partial charge is 0.319 e. The van der Waals surface area contributed by atoms with Crippen LogP contribution in [-0.4, -0.2) is 59.1 Å². The van der Waals surface area contributed by atoms with E-state index in [2.05, 4.69) is 20.5 Å². The van der Waals surface area contributed by atoms with E-state index in [-0.39, 0.29) is 29.5 Å². The van der Waals surface area contributed by atoms with Gasteiger partial charge in [-0.1, -0.05) is 30.0 Å². The van der Waals surface area contributed by atoms with Gasteiger partial charge in [0.05, 0.1) is 25.5 Å². The van der Waals surface area contributed by atoms with Gasteiger partial charge in [0.1, 0.15) is 5.82 Å². The van der Waals surface area contributed by atoms with E-state index in [1.807, 2.05) is 12.1 Å². The number of carbonyl (C=O) groups excluding carboxylic acids is 3. The maximum absolute atomic E-state index is 12.3. The highest BCUT2D eigenvalue weighted by Crippen LogP contribution is 2.22. The minimum atomic E-state index is -0.328. The molecule has 0 atom stereocenters. The molecule has 1 aromatic heterocycles. The fourth-order valence-corrected chi connectivity index (χ4v) is 4.11. The molecule has 4 rings (SSSR count). The number of anilines is 2. The van der Waals surface area contributed by atoms with Crippen LogP contribution in [0, 0.1) is 0 Å². The number of urea groups is 1. The second-order valence-corrected chi connectivity index (χ2v) is 8.05. The van der Waals surface area contributed by atoms with Crippen molar-refractivity contribution in [3.63, 3.8) is 0 Å². The average Bonchev–Trinajstić information content (AvgIpc) is 3.12. The van der Waals surface area contributed by atoms with Crippen LogP contribution in [0.4, 0.5) is 21.1 Å². The third-order valence-electron chi connectivity index (χ3n) is 5.01. The number of amides is 4. The van der Waals surface area contributed by atoms with Gasteiger partial charge in [-0.05, 0) is 23.8 Å². The van der Waals surface area contributed by atoms with Crippen molar-refractivity contribution in [1.82, 2.24) is 15.2 Å². The average molecular weight is 442 g/mol. The van der Waals surface area contributed by atoms with E-state index < -0.39 is 0 Å². The van der Waals surface area contributed by atoms with Crippen LogP contribution in [0.1, 0.15) is 11.1 Å². The molecule has 0 bridgehead atoms. The summed E-state index contributed by atoms with van der Waals surface area (Å²) in [6.45, 7) is 3.47. The zero-order valence-corrected chi connectivity index (χ0v) is 17.7. The molecule has 2 saturated heterocycles. The van der Waals surface area contributed by atoms with Crippen LogP contribution in [0.25, 0.3) is 0 Å². The largest absolute Gasteiger partial charge is 0.378 e. The molecule has 0 aliphatic carbocycles. The molecule has 1 aromatic carbocycles. The van der Waals surface area contributed by atoms with E-state index in [1.165, 1.54) is 4.90 Å². The molecule has 9 nitrogen and oxygen atoms in total. The molecular weight excluding hydrogens is 418 g/mol. The molecular formula is C21H23N5O4S. The first-order chi connectivity index (χ1) is 15.1. The van der Waals surface area contributed by atoms with Gasteiger partial charge in [-0.25, -0.2) is 9.78 Å². The molecule has 0 radical (unpaired) electrons. The highest BCUT2D eigenvalue weighted by molar-refractivity contribution is 8.14. The third-order valence-corrected chi connectivity index (χ3v) is 5.87. The molecule has 31 heavy (non-hydrogen) atoms. The summed E-state index contributed by atoms with van der Waals surface area (Å²) in [5, 5.41) is 5.43. The van der Waals surface area contributed by atoms with Gasteiger partial charge in [0.2, 0.25) is 5.91 Å². The first-order valence-electron chi connectivity index (χ1n) is 9.97. The van der Waals surface area contributed by atoms with Crippen LogP contribution < -0.4 is 15.5 Å². The molecule has 0 unspecified atom stereocenters. The van der Waals surface area contributed by atoms with Crippen LogP contribution in [-0.2, 0) is 22.6 Å². The topological polar surface area (TPSA) is 104 Å². The lowest BCUT2D eigenvalue weighted by Gasteiger charge is -2.29. The summed E-state index contributed by atoms with van der Waals surface area (Å²) in [5.74, 6) is 0.881. The predicted octanol–water partition coefficient (Wildman–Crippen LogP) is 2.44. The summed E-state index contributed by atoms with van der Waals surface area (Å²) in [5.41, 5.74) is 2.38. The van der Waals surface area contributed by atoms with E-state index >= 15 is 0 Å². The maximum Gasteiger partial charge on any atom is 0.319 e. The fraction of sp³-hybridized carbons (Fsp3) is 0.333. The van der Waals surface area contributed by atoms with E-state index in [9.17, 15) is 14.4 Å². The van der Waals surface area contributed by atoms with Crippen LogP contribution in [0.15, 0.2) is 42.6 Å². The minimum absolute atomic E-state index is 0.177. The first-order valence-corrected chi connectivity index (χ1v) is 11.0. The molecule has 162 valence electrons. The monoisotopic (exact) mass is 441 g/mol. The molecule has 2 fully saturated rings. The third kappa shape index (κ3) is 5.33. The Kier molecular flexibility index (Phi) is 6.68.